The van der Waals surface area contributed by atoms with E-state index >= 15 is 0 Å². The average Bonchev–Trinajstić information content (AvgIpc) is 2.64. The first-order chi connectivity index (χ1) is 12.5. The molecule has 0 saturated carbocycles. The minimum absolute atomic E-state index is 0.108. The van der Waals surface area contributed by atoms with Gasteiger partial charge in [-0.1, -0.05) is 62.0 Å². The Labute approximate surface area is 158 Å². The smallest absolute Gasteiger partial charge is 0.269 e. The molecule has 4 N–H and O–H groups in total. The zero-order chi connectivity index (χ0) is 18.9. The summed E-state index contributed by atoms with van der Waals surface area (Å²) in [6, 6.07) is 15.8. The molecule has 0 aliphatic heterocycles. The molecular formula is C20H23N3O2S. The van der Waals surface area contributed by atoms with E-state index < -0.39 is 5.91 Å². The Bertz CT molecular complexity index is 771. The number of carbonyl (C=O) groups excluding carboxylic acids is 2. The molecule has 0 fully saturated rings. The van der Waals surface area contributed by atoms with E-state index in [1.165, 1.54) is 18.4 Å². The van der Waals surface area contributed by atoms with E-state index in [-0.39, 0.29) is 17.3 Å². The lowest BCUT2D eigenvalue weighted by atomic mass is 10.0. The normalized spacial score (nSPS) is 10.2. The molecule has 2 aromatic rings. The number of aryl methyl sites for hydroxylation is 1. The van der Waals surface area contributed by atoms with Crippen LogP contribution in [0.3, 0.4) is 0 Å². The summed E-state index contributed by atoms with van der Waals surface area (Å²) in [6.45, 7) is 2.19. The first kappa shape index (κ1) is 19.6. The van der Waals surface area contributed by atoms with E-state index in [2.05, 4.69) is 42.0 Å². The Hall–Kier alpha value is -2.73. The van der Waals surface area contributed by atoms with Crippen LogP contribution in [0.15, 0.2) is 48.5 Å². The van der Waals surface area contributed by atoms with Gasteiger partial charge in [-0.05, 0) is 41.7 Å². The summed E-state index contributed by atoms with van der Waals surface area (Å²) >= 11 is 4.89. The van der Waals surface area contributed by atoms with E-state index in [9.17, 15) is 9.59 Å². The van der Waals surface area contributed by atoms with Gasteiger partial charge >= 0.3 is 0 Å². The molecular weight excluding hydrogens is 346 g/mol. The van der Waals surface area contributed by atoms with Crippen molar-refractivity contribution in [1.29, 1.82) is 0 Å². The van der Waals surface area contributed by atoms with Gasteiger partial charge in [0.25, 0.3) is 5.91 Å². The van der Waals surface area contributed by atoms with Gasteiger partial charge in [-0.15, -0.1) is 0 Å². The summed E-state index contributed by atoms with van der Waals surface area (Å²) < 4.78 is 0. The fourth-order valence-electron chi connectivity index (χ4n) is 2.46. The summed E-state index contributed by atoms with van der Waals surface area (Å²) in [5.74, 6) is -0.889. The van der Waals surface area contributed by atoms with Crippen molar-refractivity contribution in [2.45, 2.75) is 32.6 Å². The van der Waals surface area contributed by atoms with Crippen LogP contribution < -0.4 is 16.6 Å². The maximum Gasteiger partial charge on any atom is 0.269 e. The van der Waals surface area contributed by atoms with Gasteiger partial charge in [0.05, 0.1) is 6.42 Å². The molecule has 2 rings (SSSR count). The van der Waals surface area contributed by atoms with Crippen LogP contribution in [0.4, 0.5) is 0 Å². The van der Waals surface area contributed by atoms with Crippen LogP contribution >= 0.6 is 12.2 Å². The zero-order valence-electron chi connectivity index (χ0n) is 14.7. The molecule has 0 aliphatic carbocycles. The van der Waals surface area contributed by atoms with Crippen LogP contribution in [0.5, 0.6) is 0 Å². The fourth-order valence-corrected chi connectivity index (χ4v) is 2.65. The van der Waals surface area contributed by atoms with Crippen LogP contribution in [-0.4, -0.2) is 16.8 Å². The number of unbranched alkanes of at least 4 members (excludes halogenated alkanes) is 1. The van der Waals surface area contributed by atoms with Crippen molar-refractivity contribution in [1.82, 2.24) is 10.9 Å². The highest BCUT2D eigenvalue weighted by atomic mass is 32.1. The highest BCUT2D eigenvalue weighted by Crippen LogP contribution is 2.21. The van der Waals surface area contributed by atoms with Crippen LogP contribution in [0.1, 0.15) is 42.1 Å². The summed E-state index contributed by atoms with van der Waals surface area (Å²) in [6.07, 6.45) is 3.37. The van der Waals surface area contributed by atoms with Crippen molar-refractivity contribution in [3.8, 4) is 11.1 Å². The van der Waals surface area contributed by atoms with Crippen molar-refractivity contribution in [3.05, 3.63) is 59.7 Å². The zero-order valence-corrected chi connectivity index (χ0v) is 15.6. The molecule has 0 bridgehead atoms. The molecule has 5 nitrogen and oxygen atoms in total. The van der Waals surface area contributed by atoms with Crippen molar-refractivity contribution >= 4 is 29.0 Å². The molecule has 2 aromatic carbocycles. The number of nitrogens with two attached hydrogens (primary N) is 1. The summed E-state index contributed by atoms with van der Waals surface area (Å²) in [4.78, 5) is 23.0. The molecule has 6 heteroatoms. The predicted octanol–water partition coefficient (Wildman–Crippen LogP) is 3.13. The molecule has 0 heterocycles. The summed E-state index contributed by atoms with van der Waals surface area (Å²) in [7, 11) is 0. The number of amides is 2. The number of hydrogen-bond donors (Lipinski definition) is 3. The first-order valence-electron chi connectivity index (χ1n) is 8.56. The van der Waals surface area contributed by atoms with Gasteiger partial charge in [0.2, 0.25) is 5.91 Å². The largest absolute Gasteiger partial charge is 0.369 e. The summed E-state index contributed by atoms with van der Waals surface area (Å²) in [5.41, 5.74) is 14.0. The predicted molar refractivity (Wildman–Crippen MR) is 108 cm³/mol. The second-order valence-corrected chi connectivity index (χ2v) is 6.52. The van der Waals surface area contributed by atoms with Crippen molar-refractivity contribution in [3.63, 3.8) is 0 Å². The molecule has 0 aliphatic rings. The Kier molecular flexibility index (Phi) is 7.29. The minimum atomic E-state index is -0.554. The fraction of sp³-hybridized carbons (Fsp3) is 0.250. The number of hydrogen-bond acceptors (Lipinski definition) is 3. The molecule has 2 amide bonds. The van der Waals surface area contributed by atoms with Gasteiger partial charge in [-0.3, -0.25) is 20.4 Å². The van der Waals surface area contributed by atoms with Gasteiger partial charge < -0.3 is 5.73 Å². The minimum Gasteiger partial charge on any atom is -0.369 e. The Morgan fingerprint density at radius 3 is 2.08 bits per heavy atom. The highest BCUT2D eigenvalue weighted by Gasteiger charge is 2.07. The lowest BCUT2D eigenvalue weighted by Gasteiger charge is -2.09. The third kappa shape index (κ3) is 5.97. The maximum absolute atomic E-state index is 12.1. The topological polar surface area (TPSA) is 84.2 Å². The lowest BCUT2D eigenvalue weighted by molar-refractivity contribution is -0.116. The second-order valence-electron chi connectivity index (χ2n) is 6.02. The molecule has 26 heavy (non-hydrogen) atoms. The number of rotatable bonds is 7. The molecule has 136 valence electrons. The average molecular weight is 369 g/mol. The highest BCUT2D eigenvalue weighted by molar-refractivity contribution is 7.80. The van der Waals surface area contributed by atoms with E-state index in [0.29, 0.717) is 5.56 Å². The quantitative estimate of drug-likeness (QED) is 0.517. The van der Waals surface area contributed by atoms with Crippen LogP contribution in [0.2, 0.25) is 0 Å². The van der Waals surface area contributed by atoms with Crippen LogP contribution in [0.25, 0.3) is 11.1 Å². The third-order valence-electron chi connectivity index (χ3n) is 3.90. The number of thiocarbonyl (C=S) groups is 1. The number of benzene rings is 2. The van der Waals surface area contributed by atoms with E-state index in [0.717, 1.165) is 17.5 Å². The standard InChI is InChI=1S/C20H23N3O2S/c1-2-3-4-14-5-7-15(8-6-14)16-9-11-17(12-10-16)20(25)23-22-19(26)13-18(21)24/h5-12H,2-4,13H2,1H3,(H2,21,24)(H,22,26)(H,23,25). The number of primary amides is 1. The van der Waals surface area contributed by atoms with Gasteiger partial charge in [0.1, 0.15) is 4.99 Å². The first-order valence-corrected chi connectivity index (χ1v) is 8.97. The Balaban J connectivity index is 1.95. The third-order valence-corrected chi connectivity index (χ3v) is 4.15. The molecule has 0 radical (unpaired) electrons. The van der Waals surface area contributed by atoms with Gasteiger partial charge in [-0.2, -0.15) is 0 Å². The van der Waals surface area contributed by atoms with Gasteiger partial charge in [-0.25, -0.2) is 0 Å². The Morgan fingerprint density at radius 2 is 1.54 bits per heavy atom. The van der Waals surface area contributed by atoms with E-state index in [1.807, 2.05) is 12.1 Å². The monoisotopic (exact) mass is 369 g/mol. The SMILES string of the molecule is CCCCc1ccc(-c2ccc(C(=O)NNC(=S)CC(N)=O)cc2)cc1. The number of nitrogens with one attached hydrogen (secondary N) is 2. The second kappa shape index (κ2) is 9.68. The van der Waals surface area contributed by atoms with Crippen molar-refractivity contribution < 1.29 is 9.59 Å². The van der Waals surface area contributed by atoms with Crippen LogP contribution in [-0.2, 0) is 11.2 Å². The van der Waals surface area contributed by atoms with Gasteiger partial charge in [0, 0.05) is 5.56 Å². The van der Waals surface area contributed by atoms with E-state index in [4.69, 9.17) is 18.0 Å². The summed E-state index contributed by atoms with van der Waals surface area (Å²) in [5, 5.41) is 0. The molecule has 0 saturated heterocycles. The molecule has 0 spiro atoms. The van der Waals surface area contributed by atoms with Crippen LogP contribution in [0, 0.1) is 0 Å². The molecule has 0 aromatic heterocycles. The van der Waals surface area contributed by atoms with E-state index in [1.54, 1.807) is 12.1 Å². The number of hydrazine groups is 1. The number of carbonyl (C=O) groups is 2. The molecule has 0 unspecified atom stereocenters. The molecule has 0 atom stereocenters. The van der Waals surface area contributed by atoms with Crippen molar-refractivity contribution in [2.75, 3.05) is 0 Å². The Morgan fingerprint density at radius 1 is 0.962 bits per heavy atom. The van der Waals surface area contributed by atoms with Crippen molar-refractivity contribution in [2.24, 2.45) is 5.73 Å². The maximum atomic E-state index is 12.1. The lowest BCUT2D eigenvalue weighted by Crippen LogP contribution is -2.42. The van der Waals surface area contributed by atoms with Gasteiger partial charge in [0.15, 0.2) is 0 Å².